The number of ether oxygens (including phenoxy) is 2. The number of fused-ring (bicyclic) bond motifs is 2. The summed E-state index contributed by atoms with van der Waals surface area (Å²) in [5.41, 5.74) is 1.37. The van der Waals surface area contributed by atoms with E-state index in [4.69, 9.17) is 9.47 Å². The first-order valence-corrected chi connectivity index (χ1v) is 11.7. The van der Waals surface area contributed by atoms with Crippen molar-refractivity contribution in [1.29, 1.82) is 0 Å². The molecule has 0 spiro atoms. The molecular formula is C22H23NO6S. The van der Waals surface area contributed by atoms with Crippen LogP contribution >= 0.6 is 0 Å². The molecule has 158 valence electrons. The molecule has 2 aromatic carbocycles. The molecule has 0 unspecified atom stereocenters. The number of nitrogens with zero attached hydrogens (tertiary/aromatic N) is 1. The lowest BCUT2D eigenvalue weighted by Gasteiger charge is -2.28. The van der Waals surface area contributed by atoms with Crippen molar-refractivity contribution in [2.24, 2.45) is 0 Å². The van der Waals surface area contributed by atoms with Crippen molar-refractivity contribution in [2.45, 2.75) is 25.3 Å². The SMILES string of the molecule is CCN(C(=O)COC(=O)C1c2ccccc2Oc2ccccc21)[C@@H]1CCS(=O)(=O)C1. The molecule has 0 aliphatic carbocycles. The van der Waals surface area contributed by atoms with Gasteiger partial charge in [-0.25, -0.2) is 8.42 Å². The Balaban J connectivity index is 1.50. The first kappa shape index (κ1) is 20.4. The van der Waals surface area contributed by atoms with Gasteiger partial charge in [0.05, 0.1) is 11.5 Å². The molecular weight excluding hydrogens is 406 g/mol. The molecule has 1 saturated heterocycles. The van der Waals surface area contributed by atoms with Gasteiger partial charge in [0.2, 0.25) is 0 Å². The highest BCUT2D eigenvalue weighted by Crippen LogP contribution is 2.44. The second-order valence-electron chi connectivity index (χ2n) is 7.46. The van der Waals surface area contributed by atoms with Gasteiger partial charge in [-0.15, -0.1) is 0 Å². The van der Waals surface area contributed by atoms with Crippen molar-refractivity contribution in [1.82, 2.24) is 4.90 Å². The molecule has 0 bridgehead atoms. The van der Waals surface area contributed by atoms with Crippen LogP contribution in [0.5, 0.6) is 11.5 Å². The zero-order chi connectivity index (χ0) is 21.3. The minimum Gasteiger partial charge on any atom is -0.457 e. The molecule has 0 radical (unpaired) electrons. The van der Waals surface area contributed by atoms with E-state index in [1.54, 1.807) is 31.2 Å². The molecule has 1 fully saturated rings. The number of para-hydroxylation sites is 2. The quantitative estimate of drug-likeness (QED) is 0.679. The third-order valence-corrected chi connectivity index (χ3v) is 7.31. The van der Waals surface area contributed by atoms with E-state index in [0.29, 0.717) is 35.6 Å². The summed E-state index contributed by atoms with van der Waals surface area (Å²) in [5, 5.41) is 0. The van der Waals surface area contributed by atoms with E-state index < -0.39 is 28.3 Å². The third kappa shape index (κ3) is 3.92. The molecule has 8 heteroatoms. The molecule has 0 N–H and O–H groups in total. The van der Waals surface area contributed by atoms with Crippen molar-refractivity contribution in [3.63, 3.8) is 0 Å². The van der Waals surface area contributed by atoms with Gasteiger partial charge in [-0.05, 0) is 25.5 Å². The van der Waals surface area contributed by atoms with E-state index in [0.717, 1.165) is 0 Å². The number of esters is 1. The van der Waals surface area contributed by atoms with E-state index >= 15 is 0 Å². The fourth-order valence-electron chi connectivity index (χ4n) is 4.12. The molecule has 1 atom stereocenters. The number of benzene rings is 2. The lowest BCUT2D eigenvalue weighted by molar-refractivity contribution is -0.153. The van der Waals surface area contributed by atoms with Gasteiger partial charge in [-0.1, -0.05) is 36.4 Å². The van der Waals surface area contributed by atoms with Crippen LogP contribution in [-0.4, -0.2) is 55.9 Å². The van der Waals surface area contributed by atoms with E-state index in [1.165, 1.54) is 4.90 Å². The fourth-order valence-corrected chi connectivity index (χ4v) is 5.85. The Hall–Kier alpha value is -2.87. The largest absolute Gasteiger partial charge is 0.457 e. The molecule has 4 rings (SSSR count). The Morgan fingerprint density at radius 1 is 1.07 bits per heavy atom. The number of hydrogen-bond acceptors (Lipinski definition) is 6. The highest BCUT2D eigenvalue weighted by molar-refractivity contribution is 7.91. The number of carbonyl (C=O) groups is 2. The molecule has 7 nitrogen and oxygen atoms in total. The Kier molecular flexibility index (Phi) is 5.51. The Bertz CT molecular complexity index is 1040. The van der Waals surface area contributed by atoms with Crippen LogP contribution in [0, 0.1) is 0 Å². The first-order chi connectivity index (χ1) is 14.4. The zero-order valence-electron chi connectivity index (χ0n) is 16.6. The molecule has 2 heterocycles. The number of sulfone groups is 1. The number of hydrogen-bond donors (Lipinski definition) is 0. The van der Waals surface area contributed by atoms with Crippen molar-refractivity contribution in [3.8, 4) is 11.5 Å². The van der Waals surface area contributed by atoms with Crippen molar-refractivity contribution < 1.29 is 27.5 Å². The van der Waals surface area contributed by atoms with Crippen LogP contribution in [0.2, 0.25) is 0 Å². The molecule has 2 aliphatic heterocycles. The average molecular weight is 429 g/mol. The smallest absolute Gasteiger partial charge is 0.318 e. The van der Waals surface area contributed by atoms with E-state index in [-0.39, 0.29) is 23.5 Å². The highest BCUT2D eigenvalue weighted by atomic mass is 32.2. The topological polar surface area (TPSA) is 90.0 Å². The summed E-state index contributed by atoms with van der Waals surface area (Å²) in [6.45, 7) is 1.72. The Morgan fingerprint density at radius 2 is 1.67 bits per heavy atom. The van der Waals surface area contributed by atoms with Crippen LogP contribution in [0.15, 0.2) is 48.5 Å². The lowest BCUT2D eigenvalue weighted by Crippen LogP contribution is -2.43. The van der Waals surface area contributed by atoms with Gasteiger partial charge >= 0.3 is 5.97 Å². The number of rotatable bonds is 5. The number of carbonyl (C=O) groups excluding carboxylic acids is 2. The van der Waals surface area contributed by atoms with Crippen LogP contribution in [-0.2, 0) is 24.2 Å². The summed E-state index contributed by atoms with van der Waals surface area (Å²) < 4.78 is 34.8. The number of amides is 1. The molecule has 2 aromatic rings. The average Bonchev–Trinajstić information content (AvgIpc) is 3.10. The molecule has 1 amide bonds. The van der Waals surface area contributed by atoms with Gasteiger partial charge in [-0.3, -0.25) is 9.59 Å². The van der Waals surface area contributed by atoms with E-state index in [2.05, 4.69) is 0 Å². The van der Waals surface area contributed by atoms with Gasteiger partial charge in [0.1, 0.15) is 17.4 Å². The van der Waals surface area contributed by atoms with Crippen LogP contribution in [0.25, 0.3) is 0 Å². The maximum absolute atomic E-state index is 13.0. The molecule has 0 saturated carbocycles. The fraction of sp³-hybridized carbons (Fsp3) is 0.364. The van der Waals surface area contributed by atoms with Gasteiger partial charge < -0.3 is 14.4 Å². The summed E-state index contributed by atoms with van der Waals surface area (Å²) >= 11 is 0. The van der Waals surface area contributed by atoms with Crippen molar-refractivity contribution >= 4 is 21.7 Å². The standard InChI is InChI=1S/C22H23NO6S/c1-2-23(15-11-12-30(26,27)14-15)20(24)13-28-22(25)21-16-7-3-5-9-18(16)29-19-10-6-4-8-17(19)21/h3-10,15,21H,2,11-14H2,1H3/t15-/m1/s1. The maximum Gasteiger partial charge on any atom is 0.318 e. The summed E-state index contributed by atoms with van der Waals surface area (Å²) in [6.07, 6.45) is 0.413. The molecule has 30 heavy (non-hydrogen) atoms. The first-order valence-electron chi connectivity index (χ1n) is 9.92. The summed E-state index contributed by atoms with van der Waals surface area (Å²) in [7, 11) is -3.11. The summed E-state index contributed by atoms with van der Waals surface area (Å²) in [4.78, 5) is 27.2. The molecule has 2 aliphatic rings. The van der Waals surface area contributed by atoms with Gasteiger partial charge in [0, 0.05) is 23.7 Å². The van der Waals surface area contributed by atoms with Crippen LogP contribution in [0.4, 0.5) is 0 Å². The minimum atomic E-state index is -3.11. The summed E-state index contributed by atoms with van der Waals surface area (Å²) in [5.74, 6) is -0.422. The highest BCUT2D eigenvalue weighted by Gasteiger charge is 2.36. The predicted octanol–water partition coefficient (Wildman–Crippen LogP) is 2.50. The minimum absolute atomic E-state index is 0.0404. The third-order valence-electron chi connectivity index (χ3n) is 5.56. The Labute approximate surface area is 175 Å². The Morgan fingerprint density at radius 3 is 2.20 bits per heavy atom. The monoisotopic (exact) mass is 429 g/mol. The maximum atomic E-state index is 13.0. The van der Waals surface area contributed by atoms with E-state index in [9.17, 15) is 18.0 Å². The van der Waals surface area contributed by atoms with Crippen LogP contribution < -0.4 is 4.74 Å². The van der Waals surface area contributed by atoms with Crippen LogP contribution in [0.1, 0.15) is 30.4 Å². The van der Waals surface area contributed by atoms with Gasteiger partial charge in [0.25, 0.3) is 5.91 Å². The van der Waals surface area contributed by atoms with E-state index in [1.807, 2.05) is 24.3 Å². The van der Waals surface area contributed by atoms with Gasteiger partial charge in [0.15, 0.2) is 16.4 Å². The predicted molar refractivity (Wildman–Crippen MR) is 110 cm³/mol. The van der Waals surface area contributed by atoms with Crippen LogP contribution in [0.3, 0.4) is 0 Å². The number of likely N-dealkylation sites (N-methyl/N-ethyl adjacent to an activating group) is 1. The van der Waals surface area contributed by atoms with Crippen molar-refractivity contribution in [3.05, 3.63) is 59.7 Å². The lowest BCUT2D eigenvalue weighted by atomic mass is 9.88. The van der Waals surface area contributed by atoms with Crippen molar-refractivity contribution in [2.75, 3.05) is 24.7 Å². The normalized spacial score (nSPS) is 19.3. The second-order valence-corrected chi connectivity index (χ2v) is 9.68. The van der Waals surface area contributed by atoms with Gasteiger partial charge in [-0.2, -0.15) is 0 Å². The zero-order valence-corrected chi connectivity index (χ0v) is 17.4. The molecule has 0 aromatic heterocycles. The summed E-state index contributed by atoms with van der Waals surface area (Å²) in [6, 6.07) is 14.1. The second kappa shape index (κ2) is 8.10.